The zero-order chi connectivity index (χ0) is 13.0. The molecule has 0 saturated heterocycles. The van der Waals surface area contributed by atoms with Crippen molar-refractivity contribution in [3.8, 4) is 0 Å². The fourth-order valence-electron chi connectivity index (χ4n) is 2.23. The molecule has 0 amide bonds. The fraction of sp³-hybridized carbons (Fsp3) is 0.529. The first kappa shape index (κ1) is 13.4. The van der Waals surface area contributed by atoms with E-state index in [1.54, 1.807) is 0 Å². The van der Waals surface area contributed by atoms with Crippen LogP contribution in [0.15, 0.2) is 29.8 Å². The van der Waals surface area contributed by atoms with Crippen LogP contribution in [0.5, 0.6) is 0 Å². The first-order valence-electron chi connectivity index (χ1n) is 7.22. The monoisotopic (exact) mass is 243 g/mol. The van der Waals surface area contributed by atoms with Gasteiger partial charge < -0.3 is 5.32 Å². The van der Waals surface area contributed by atoms with Crippen LogP contribution in [-0.4, -0.2) is 12.6 Å². The van der Waals surface area contributed by atoms with Gasteiger partial charge >= 0.3 is 0 Å². The van der Waals surface area contributed by atoms with E-state index in [0.717, 1.165) is 12.5 Å². The molecule has 1 nitrogen and oxygen atoms in total. The molecular formula is C17H25N. The molecule has 1 N–H and O–H groups in total. The van der Waals surface area contributed by atoms with Crippen LogP contribution in [0.4, 0.5) is 0 Å². The number of nitrogens with one attached hydrogen (secondary N) is 1. The number of hydrogen-bond donors (Lipinski definition) is 1. The second kappa shape index (κ2) is 6.19. The quantitative estimate of drug-likeness (QED) is 0.783. The lowest BCUT2D eigenvalue weighted by Crippen LogP contribution is -2.27. The Kier molecular flexibility index (Phi) is 4.60. The van der Waals surface area contributed by atoms with Crippen molar-refractivity contribution in [2.45, 2.75) is 52.0 Å². The molecule has 1 heteroatoms. The molecule has 0 aromatic heterocycles. The van der Waals surface area contributed by atoms with Gasteiger partial charge in [-0.15, -0.1) is 0 Å². The molecule has 0 spiro atoms. The van der Waals surface area contributed by atoms with E-state index in [0.29, 0.717) is 6.04 Å². The molecule has 0 heterocycles. The molecule has 1 aliphatic rings. The van der Waals surface area contributed by atoms with E-state index in [4.69, 9.17) is 0 Å². The molecule has 98 valence electrons. The van der Waals surface area contributed by atoms with Crippen LogP contribution < -0.4 is 5.32 Å². The lowest BCUT2D eigenvalue weighted by Gasteiger charge is -2.14. The molecule has 18 heavy (non-hydrogen) atoms. The summed E-state index contributed by atoms with van der Waals surface area (Å²) in [5.41, 5.74) is 4.28. The van der Waals surface area contributed by atoms with E-state index in [1.807, 2.05) is 0 Å². The molecule has 1 unspecified atom stereocenters. The highest BCUT2D eigenvalue weighted by Crippen LogP contribution is 2.40. The van der Waals surface area contributed by atoms with Gasteiger partial charge in [0, 0.05) is 6.04 Å². The van der Waals surface area contributed by atoms with Crippen LogP contribution in [0.1, 0.15) is 57.1 Å². The lowest BCUT2D eigenvalue weighted by atomic mass is 10.0. The molecule has 2 rings (SSSR count). The van der Waals surface area contributed by atoms with E-state index in [1.165, 1.54) is 36.0 Å². The summed E-state index contributed by atoms with van der Waals surface area (Å²) in [5, 5.41) is 3.53. The second-order valence-corrected chi connectivity index (χ2v) is 5.51. The van der Waals surface area contributed by atoms with Gasteiger partial charge in [0.05, 0.1) is 0 Å². The molecule has 1 fully saturated rings. The van der Waals surface area contributed by atoms with Gasteiger partial charge in [-0.1, -0.05) is 42.8 Å². The van der Waals surface area contributed by atoms with Crippen molar-refractivity contribution >= 4 is 6.08 Å². The summed E-state index contributed by atoms with van der Waals surface area (Å²) >= 11 is 0. The molecular weight excluding hydrogens is 218 g/mol. The molecule has 1 aromatic carbocycles. The summed E-state index contributed by atoms with van der Waals surface area (Å²) < 4.78 is 0. The highest BCUT2D eigenvalue weighted by Gasteiger charge is 2.23. The third-order valence-corrected chi connectivity index (χ3v) is 3.74. The van der Waals surface area contributed by atoms with Gasteiger partial charge in [-0.2, -0.15) is 0 Å². The van der Waals surface area contributed by atoms with Crippen LogP contribution in [-0.2, 0) is 0 Å². The average Bonchev–Trinajstić information content (AvgIpc) is 3.20. The van der Waals surface area contributed by atoms with E-state index < -0.39 is 0 Å². The third kappa shape index (κ3) is 3.71. The average molecular weight is 243 g/mol. The smallest absolute Gasteiger partial charge is 0.0251 e. The maximum Gasteiger partial charge on any atom is 0.0251 e. The van der Waals surface area contributed by atoms with E-state index in [-0.39, 0.29) is 0 Å². The molecule has 0 radical (unpaired) electrons. The first-order valence-corrected chi connectivity index (χ1v) is 7.22. The number of rotatable bonds is 6. The minimum atomic E-state index is 0.467. The number of benzene rings is 1. The predicted octanol–water partition coefficient (Wildman–Crippen LogP) is 4.36. The van der Waals surface area contributed by atoms with Gasteiger partial charge in [-0.3, -0.25) is 0 Å². The summed E-state index contributed by atoms with van der Waals surface area (Å²) in [6.45, 7) is 7.76. The van der Waals surface area contributed by atoms with Crippen molar-refractivity contribution in [1.82, 2.24) is 5.32 Å². The topological polar surface area (TPSA) is 12.0 Å². The fourth-order valence-corrected chi connectivity index (χ4v) is 2.23. The summed E-state index contributed by atoms with van der Waals surface area (Å²) in [7, 11) is 0. The maximum absolute atomic E-state index is 3.53. The van der Waals surface area contributed by atoms with Crippen molar-refractivity contribution in [3.63, 3.8) is 0 Å². The summed E-state index contributed by atoms with van der Waals surface area (Å²) in [4.78, 5) is 0. The van der Waals surface area contributed by atoms with Gasteiger partial charge in [0.15, 0.2) is 0 Å². The molecule has 0 bridgehead atoms. The molecule has 0 aliphatic heterocycles. The van der Waals surface area contributed by atoms with Crippen molar-refractivity contribution in [2.75, 3.05) is 6.54 Å². The molecule has 1 aromatic rings. The Morgan fingerprint density at radius 3 is 2.89 bits per heavy atom. The van der Waals surface area contributed by atoms with Gasteiger partial charge in [0.2, 0.25) is 0 Å². The Balaban J connectivity index is 2.03. The van der Waals surface area contributed by atoms with Crippen LogP contribution in [0.2, 0.25) is 0 Å². The van der Waals surface area contributed by atoms with E-state index >= 15 is 0 Å². The summed E-state index contributed by atoms with van der Waals surface area (Å²) in [6, 6.07) is 9.49. The van der Waals surface area contributed by atoms with E-state index in [2.05, 4.69) is 56.4 Å². The van der Waals surface area contributed by atoms with E-state index in [9.17, 15) is 0 Å². The molecule has 1 atom stereocenters. The number of hydrogen-bond acceptors (Lipinski definition) is 1. The van der Waals surface area contributed by atoms with Crippen LogP contribution in [0.25, 0.3) is 6.08 Å². The second-order valence-electron chi connectivity index (χ2n) is 5.51. The Bertz CT molecular complexity index is 415. The third-order valence-electron chi connectivity index (χ3n) is 3.74. The normalized spacial score (nSPS) is 17.8. The van der Waals surface area contributed by atoms with Crippen molar-refractivity contribution < 1.29 is 0 Å². The molecule has 1 aliphatic carbocycles. The molecule has 1 saturated carbocycles. The van der Waals surface area contributed by atoms with Crippen molar-refractivity contribution in [1.29, 1.82) is 0 Å². The zero-order valence-electron chi connectivity index (χ0n) is 11.9. The van der Waals surface area contributed by atoms with Crippen molar-refractivity contribution in [2.24, 2.45) is 0 Å². The van der Waals surface area contributed by atoms with Gasteiger partial charge in [-0.25, -0.2) is 0 Å². The summed E-state index contributed by atoms with van der Waals surface area (Å²) in [5.74, 6) is 0.842. The van der Waals surface area contributed by atoms with Gasteiger partial charge in [-0.05, 0) is 56.7 Å². The minimum absolute atomic E-state index is 0.467. The van der Waals surface area contributed by atoms with Crippen LogP contribution in [0, 0.1) is 0 Å². The van der Waals surface area contributed by atoms with Crippen LogP contribution in [0.3, 0.4) is 0 Å². The standard InChI is InChI=1S/C17H25N/c1-4-10-18-14(3)13(2)11-15-6-5-7-17(12-15)16-8-9-16/h5-7,11-12,14,16,18H,4,8-10H2,1-3H3/b13-11+. The SMILES string of the molecule is CCCNC(C)/C(C)=C/c1cccc(C2CC2)c1. The predicted molar refractivity (Wildman–Crippen MR) is 79.8 cm³/mol. The van der Waals surface area contributed by atoms with Crippen molar-refractivity contribution in [3.05, 3.63) is 41.0 Å². The van der Waals surface area contributed by atoms with Gasteiger partial charge in [0.1, 0.15) is 0 Å². The Morgan fingerprint density at radius 2 is 2.22 bits per heavy atom. The Morgan fingerprint density at radius 1 is 1.44 bits per heavy atom. The lowest BCUT2D eigenvalue weighted by molar-refractivity contribution is 0.604. The van der Waals surface area contributed by atoms with Gasteiger partial charge in [0.25, 0.3) is 0 Å². The Hall–Kier alpha value is -1.08. The summed E-state index contributed by atoms with van der Waals surface area (Å²) in [6.07, 6.45) is 6.26. The van der Waals surface area contributed by atoms with Crippen LogP contribution >= 0.6 is 0 Å². The minimum Gasteiger partial charge on any atom is -0.311 e. The Labute approximate surface area is 111 Å². The highest BCUT2D eigenvalue weighted by molar-refractivity contribution is 5.55. The first-order chi connectivity index (χ1) is 8.70. The highest BCUT2D eigenvalue weighted by atomic mass is 14.9. The zero-order valence-corrected chi connectivity index (χ0v) is 11.9. The largest absolute Gasteiger partial charge is 0.311 e. The maximum atomic E-state index is 3.53.